The number of nitrogens with zero attached hydrogens (tertiary/aromatic N) is 1. The van der Waals surface area contributed by atoms with Gasteiger partial charge in [-0.1, -0.05) is 44.2 Å². The summed E-state index contributed by atoms with van der Waals surface area (Å²) in [5.74, 6) is 0. The zero-order valence-electron chi connectivity index (χ0n) is 11.5. The molecule has 0 spiro atoms. The van der Waals surface area contributed by atoms with Crippen LogP contribution in [0.5, 0.6) is 0 Å². The summed E-state index contributed by atoms with van der Waals surface area (Å²) in [5, 5.41) is 2.49. The highest BCUT2D eigenvalue weighted by molar-refractivity contribution is 6.06. The first-order chi connectivity index (χ1) is 9.33. The fourth-order valence-corrected chi connectivity index (χ4v) is 2.67. The minimum absolute atomic E-state index is 0.976. The Morgan fingerprint density at radius 2 is 1.63 bits per heavy atom. The van der Waals surface area contributed by atoms with Crippen molar-refractivity contribution in [1.82, 2.24) is 4.90 Å². The van der Waals surface area contributed by atoms with Crippen LogP contribution in [0.15, 0.2) is 46.9 Å². The van der Waals surface area contributed by atoms with Gasteiger partial charge >= 0.3 is 0 Å². The molecule has 3 aromatic rings. The summed E-state index contributed by atoms with van der Waals surface area (Å²) in [7, 11) is 0. The lowest BCUT2D eigenvalue weighted by atomic mass is 10.1. The van der Waals surface area contributed by atoms with Crippen LogP contribution in [0.4, 0.5) is 0 Å². The van der Waals surface area contributed by atoms with Crippen molar-refractivity contribution in [2.75, 3.05) is 13.1 Å². The molecule has 0 amide bonds. The Labute approximate surface area is 113 Å². The van der Waals surface area contributed by atoms with E-state index in [9.17, 15) is 0 Å². The second-order valence-corrected chi connectivity index (χ2v) is 4.85. The summed E-state index contributed by atoms with van der Waals surface area (Å²) in [4.78, 5) is 2.43. The molecule has 3 rings (SSSR count). The molecule has 0 unspecified atom stereocenters. The number of hydrogen-bond donors (Lipinski definition) is 0. The van der Waals surface area contributed by atoms with Crippen molar-refractivity contribution in [2.45, 2.75) is 20.4 Å². The van der Waals surface area contributed by atoms with E-state index in [-0.39, 0.29) is 0 Å². The topological polar surface area (TPSA) is 16.4 Å². The molecule has 0 aliphatic carbocycles. The van der Waals surface area contributed by atoms with Crippen LogP contribution >= 0.6 is 0 Å². The van der Waals surface area contributed by atoms with Crippen molar-refractivity contribution in [3.63, 3.8) is 0 Å². The predicted octanol–water partition coefficient (Wildman–Crippen LogP) is 4.43. The van der Waals surface area contributed by atoms with Gasteiger partial charge in [0.25, 0.3) is 0 Å². The molecule has 19 heavy (non-hydrogen) atoms. The van der Waals surface area contributed by atoms with Gasteiger partial charge in [-0.3, -0.25) is 4.90 Å². The Bertz CT molecular complexity index is 695. The quantitative estimate of drug-likeness (QED) is 0.684. The van der Waals surface area contributed by atoms with Crippen LogP contribution in [-0.2, 0) is 6.54 Å². The van der Waals surface area contributed by atoms with Crippen LogP contribution in [0.1, 0.15) is 19.4 Å². The second-order valence-electron chi connectivity index (χ2n) is 4.85. The molecule has 2 heteroatoms. The minimum atomic E-state index is 0.976. The van der Waals surface area contributed by atoms with Crippen molar-refractivity contribution in [2.24, 2.45) is 0 Å². The number of para-hydroxylation sites is 1. The average molecular weight is 253 g/mol. The van der Waals surface area contributed by atoms with Crippen molar-refractivity contribution in [3.05, 3.63) is 48.0 Å². The van der Waals surface area contributed by atoms with E-state index in [2.05, 4.69) is 49.1 Å². The van der Waals surface area contributed by atoms with E-state index in [0.717, 1.165) is 30.8 Å². The SMILES string of the molecule is CCN(CC)Cc1cccc2oc3ccccc3c12. The zero-order valence-corrected chi connectivity index (χ0v) is 11.5. The van der Waals surface area contributed by atoms with Crippen molar-refractivity contribution in [3.8, 4) is 0 Å². The highest BCUT2D eigenvalue weighted by Gasteiger charge is 2.11. The highest BCUT2D eigenvalue weighted by Crippen LogP contribution is 2.31. The van der Waals surface area contributed by atoms with Crippen LogP contribution in [0.25, 0.3) is 21.9 Å². The van der Waals surface area contributed by atoms with Crippen LogP contribution in [-0.4, -0.2) is 18.0 Å². The van der Waals surface area contributed by atoms with Crippen molar-refractivity contribution in [1.29, 1.82) is 0 Å². The lowest BCUT2D eigenvalue weighted by molar-refractivity contribution is 0.297. The molecular formula is C17H19NO. The first-order valence-corrected chi connectivity index (χ1v) is 6.95. The van der Waals surface area contributed by atoms with Gasteiger partial charge in [-0.2, -0.15) is 0 Å². The summed E-state index contributed by atoms with van der Waals surface area (Å²) in [6.07, 6.45) is 0. The Morgan fingerprint density at radius 3 is 2.42 bits per heavy atom. The fourth-order valence-electron chi connectivity index (χ4n) is 2.67. The lowest BCUT2D eigenvalue weighted by Crippen LogP contribution is -2.22. The molecule has 0 saturated carbocycles. The maximum atomic E-state index is 5.92. The molecule has 0 atom stereocenters. The van der Waals surface area contributed by atoms with Gasteiger partial charge in [-0.05, 0) is 30.8 Å². The molecule has 0 aliphatic rings. The van der Waals surface area contributed by atoms with Crippen LogP contribution in [0.2, 0.25) is 0 Å². The molecule has 98 valence electrons. The minimum Gasteiger partial charge on any atom is -0.456 e. The van der Waals surface area contributed by atoms with E-state index < -0.39 is 0 Å². The molecule has 0 N–H and O–H groups in total. The summed E-state index contributed by atoms with van der Waals surface area (Å²) < 4.78 is 5.92. The van der Waals surface area contributed by atoms with Crippen molar-refractivity contribution >= 4 is 21.9 Å². The normalized spacial score (nSPS) is 11.7. The third kappa shape index (κ3) is 2.13. The molecule has 0 saturated heterocycles. The van der Waals surface area contributed by atoms with Gasteiger partial charge in [-0.15, -0.1) is 0 Å². The largest absolute Gasteiger partial charge is 0.456 e. The van der Waals surface area contributed by atoms with Gasteiger partial charge in [0.15, 0.2) is 0 Å². The van der Waals surface area contributed by atoms with E-state index in [0.29, 0.717) is 0 Å². The number of rotatable bonds is 4. The number of furan rings is 1. The molecular weight excluding hydrogens is 234 g/mol. The zero-order chi connectivity index (χ0) is 13.2. The molecule has 0 radical (unpaired) electrons. The number of fused-ring (bicyclic) bond motifs is 3. The highest BCUT2D eigenvalue weighted by atomic mass is 16.3. The fraction of sp³-hybridized carbons (Fsp3) is 0.294. The molecule has 1 heterocycles. The van der Waals surface area contributed by atoms with E-state index >= 15 is 0 Å². The maximum Gasteiger partial charge on any atom is 0.135 e. The predicted molar refractivity (Wildman–Crippen MR) is 80.3 cm³/mol. The Hall–Kier alpha value is -1.80. The van der Waals surface area contributed by atoms with E-state index in [1.807, 2.05) is 12.1 Å². The summed E-state index contributed by atoms with van der Waals surface area (Å²) in [6, 6.07) is 14.6. The third-order valence-electron chi connectivity index (χ3n) is 3.78. The van der Waals surface area contributed by atoms with Gasteiger partial charge in [0.1, 0.15) is 11.2 Å². The molecule has 0 aliphatic heterocycles. The average Bonchev–Trinajstić information content (AvgIpc) is 2.84. The Kier molecular flexibility index (Phi) is 3.26. The van der Waals surface area contributed by atoms with E-state index in [1.165, 1.54) is 16.3 Å². The maximum absolute atomic E-state index is 5.92. The molecule has 0 fully saturated rings. The molecule has 2 aromatic carbocycles. The molecule has 2 nitrogen and oxygen atoms in total. The summed E-state index contributed by atoms with van der Waals surface area (Å²) >= 11 is 0. The Balaban J connectivity index is 2.18. The van der Waals surface area contributed by atoms with E-state index in [4.69, 9.17) is 4.42 Å². The van der Waals surface area contributed by atoms with Gasteiger partial charge in [-0.25, -0.2) is 0 Å². The van der Waals surface area contributed by atoms with Gasteiger partial charge in [0, 0.05) is 17.3 Å². The van der Waals surface area contributed by atoms with Gasteiger partial charge in [0.2, 0.25) is 0 Å². The lowest BCUT2D eigenvalue weighted by Gasteiger charge is -2.18. The van der Waals surface area contributed by atoms with Crippen molar-refractivity contribution < 1.29 is 4.42 Å². The van der Waals surface area contributed by atoms with Gasteiger partial charge in [0.05, 0.1) is 0 Å². The first kappa shape index (κ1) is 12.2. The summed E-state index contributed by atoms with van der Waals surface area (Å²) in [5.41, 5.74) is 3.32. The monoisotopic (exact) mass is 253 g/mol. The van der Waals surface area contributed by atoms with E-state index in [1.54, 1.807) is 0 Å². The third-order valence-corrected chi connectivity index (χ3v) is 3.78. The second kappa shape index (κ2) is 5.06. The molecule has 1 aromatic heterocycles. The van der Waals surface area contributed by atoms with Crippen LogP contribution in [0.3, 0.4) is 0 Å². The van der Waals surface area contributed by atoms with Gasteiger partial charge < -0.3 is 4.42 Å². The molecule has 0 bridgehead atoms. The first-order valence-electron chi connectivity index (χ1n) is 6.95. The van der Waals surface area contributed by atoms with Crippen LogP contribution < -0.4 is 0 Å². The smallest absolute Gasteiger partial charge is 0.135 e. The van der Waals surface area contributed by atoms with Crippen LogP contribution in [0, 0.1) is 0 Å². The standard InChI is InChI=1S/C17H19NO/c1-3-18(4-2)12-13-8-7-11-16-17(13)14-9-5-6-10-15(14)19-16/h5-11H,3-4,12H2,1-2H3. The Morgan fingerprint density at radius 1 is 0.895 bits per heavy atom. The number of benzene rings is 2. The number of hydrogen-bond acceptors (Lipinski definition) is 2. The summed E-state index contributed by atoms with van der Waals surface area (Å²) in [6.45, 7) is 7.54.